The lowest BCUT2D eigenvalue weighted by molar-refractivity contribution is 0.103. The Morgan fingerprint density at radius 2 is 2.11 bits per heavy atom. The summed E-state index contributed by atoms with van der Waals surface area (Å²) >= 11 is 0. The van der Waals surface area contributed by atoms with Crippen LogP contribution in [0, 0.1) is 0 Å². The van der Waals surface area contributed by atoms with E-state index < -0.39 is 0 Å². The van der Waals surface area contributed by atoms with Gasteiger partial charge in [0.25, 0.3) is 0 Å². The molecule has 0 aliphatic heterocycles. The van der Waals surface area contributed by atoms with Crippen LogP contribution in [-0.4, -0.2) is 24.9 Å². The third-order valence-corrected chi connectivity index (χ3v) is 1.28. The molecule has 0 aliphatic carbocycles. The second kappa shape index (κ2) is 6.05. The Hall–Kier alpha value is -0.0800. The van der Waals surface area contributed by atoms with Crippen molar-refractivity contribution in [2.24, 2.45) is 0 Å². The van der Waals surface area contributed by atoms with Crippen molar-refractivity contribution in [2.75, 3.05) is 13.7 Å². The molecule has 2 heteroatoms. The van der Waals surface area contributed by atoms with Crippen LogP contribution < -0.4 is 0 Å². The Bertz CT molecular complexity index is 54.9. The standard InChI is InChI=1S/C7H16O2/c1-3-4-7(8)5-6-9-2/h7-8H,3-6H2,1-2H3/t7-/m1/s1. The highest BCUT2D eigenvalue weighted by Gasteiger charge is 1.99. The molecule has 0 aliphatic rings. The molecule has 0 aromatic carbocycles. The van der Waals surface area contributed by atoms with E-state index in [0.717, 1.165) is 19.3 Å². The van der Waals surface area contributed by atoms with Gasteiger partial charge in [-0.25, -0.2) is 0 Å². The first-order valence-electron chi connectivity index (χ1n) is 3.48. The van der Waals surface area contributed by atoms with Crippen molar-refractivity contribution >= 4 is 0 Å². The second-order valence-electron chi connectivity index (χ2n) is 2.22. The minimum atomic E-state index is -0.157. The minimum absolute atomic E-state index is 0.157. The van der Waals surface area contributed by atoms with Crippen LogP contribution in [0.15, 0.2) is 0 Å². The zero-order chi connectivity index (χ0) is 7.11. The summed E-state index contributed by atoms with van der Waals surface area (Å²) in [5.41, 5.74) is 0. The van der Waals surface area contributed by atoms with Gasteiger partial charge >= 0.3 is 0 Å². The Morgan fingerprint density at radius 3 is 2.56 bits per heavy atom. The lowest BCUT2D eigenvalue weighted by Crippen LogP contribution is -2.08. The fourth-order valence-electron chi connectivity index (χ4n) is 0.731. The number of aliphatic hydroxyl groups excluding tert-OH is 1. The van der Waals surface area contributed by atoms with Crippen molar-refractivity contribution in [2.45, 2.75) is 32.3 Å². The molecule has 56 valence electrons. The van der Waals surface area contributed by atoms with Gasteiger partial charge in [-0.2, -0.15) is 0 Å². The molecule has 0 saturated carbocycles. The number of hydrogen-bond acceptors (Lipinski definition) is 2. The molecular weight excluding hydrogens is 116 g/mol. The van der Waals surface area contributed by atoms with Crippen LogP contribution in [0.2, 0.25) is 0 Å². The van der Waals surface area contributed by atoms with E-state index in [1.807, 2.05) is 0 Å². The van der Waals surface area contributed by atoms with Crippen molar-refractivity contribution in [3.05, 3.63) is 0 Å². The van der Waals surface area contributed by atoms with E-state index >= 15 is 0 Å². The normalized spacial score (nSPS) is 13.7. The highest BCUT2D eigenvalue weighted by atomic mass is 16.5. The van der Waals surface area contributed by atoms with Crippen molar-refractivity contribution in [1.82, 2.24) is 0 Å². The number of hydrogen-bond donors (Lipinski definition) is 1. The fraction of sp³-hybridized carbons (Fsp3) is 1.00. The van der Waals surface area contributed by atoms with E-state index in [4.69, 9.17) is 9.84 Å². The molecule has 0 radical (unpaired) electrons. The van der Waals surface area contributed by atoms with Crippen LogP contribution in [0.1, 0.15) is 26.2 Å². The van der Waals surface area contributed by atoms with Gasteiger partial charge in [-0.05, 0) is 12.8 Å². The minimum Gasteiger partial charge on any atom is -0.393 e. The monoisotopic (exact) mass is 132 g/mol. The molecule has 0 spiro atoms. The summed E-state index contributed by atoms with van der Waals surface area (Å²) in [6.45, 7) is 2.73. The summed E-state index contributed by atoms with van der Waals surface area (Å²) in [5.74, 6) is 0. The van der Waals surface area contributed by atoms with E-state index in [9.17, 15) is 0 Å². The van der Waals surface area contributed by atoms with Crippen LogP contribution in [0.25, 0.3) is 0 Å². The summed E-state index contributed by atoms with van der Waals surface area (Å²) in [5, 5.41) is 9.10. The first-order valence-corrected chi connectivity index (χ1v) is 3.48. The summed E-state index contributed by atoms with van der Waals surface area (Å²) in [4.78, 5) is 0. The van der Waals surface area contributed by atoms with Crippen molar-refractivity contribution < 1.29 is 9.84 Å². The number of aliphatic hydroxyl groups is 1. The zero-order valence-corrected chi connectivity index (χ0v) is 6.26. The van der Waals surface area contributed by atoms with Crippen molar-refractivity contribution in [1.29, 1.82) is 0 Å². The van der Waals surface area contributed by atoms with Gasteiger partial charge in [-0.1, -0.05) is 13.3 Å². The van der Waals surface area contributed by atoms with E-state index in [1.165, 1.54) is 0 Å². The maximum atomic E-state index is 9.10. The van der Waals surface area contributed by atoms with Crippen LogP contribution >= 0.6 is 0 Å². The average molecular weight is 132 g/mol. The molecule has 9 heavy (non-hydrogen) atoms. The molecule has 0 rings (SSSR count). The molecule has 0 amide bonds. The second-order valence-corrected chi connectivity index (χ2v) is 2.22. The molecule has 0 bridgehead atoms. The van der Waals surface area contributed by atoms with Crippen molar-refractivity contribution in [3.63, 3.8) is 0 Å². The Balaban J connectivity index is 2.95. The Kier molecular flexibility index (Phi) is 5.99. The molecule has 0 fully saturated rings. The highest BCUT2D eigenvalue weighted by Crippen LogP contribution is 1.99. The van der Waals surface area contributed by atoms with E-state index in [-0.39, 0.29) is 6.10 Å². The third kappa shape index (κ3) is 5.80. The summed E-state index contributed by atoms with van der Waals surface area (Å²) in [6, 6.07) is 0. The summed E-state index contributed by atoms with van der Waals surface area (Å²) in [7, 11) is 1.65. The van der Waals surface area contributed by atoms with Gasteiger partial charge in [0.1, 0.15) is 0 Å². The average Bonchev–Trinajstić information content (AvgIpc) is 1.85. The number of methoxy groups -OCH3 is 1. The quantitative estimate of drug-likeness (QED) is 0.608. The van der Waals surface area contributed by atoms with Crippen LogP contribution in [0.3, 0.4) is 0 Å². The molecular formula is C7H16O2. The largest absolute Gasteiger partial charge is 0.393 e. The molecule has 0 heterocycles. The number of ether oxygens (including phenoxy) is 1. The molecule has 2 nitrogen and oxygen atoms in total. The van der Waals surface area contributed by atoms with Gasteiger partial charge in [0.2, 0.25) is 0 Å². The molecule has 1 N–H and O–H groups in total. The topological polar surface area (TPSA) is 29.5 Å². The Morgan fingerprint density at radius 1 is 1.44 bits per heavy atom. The van der Waals surface area contributed by atoms with Crippen LogP contribution in [0.4, 0.5) is 0 Å². The maximum absolute atomic E-state index is 9.10. The predicted molar refractivity (Wildman–Crippen MR) is 37.4 cm³/mol. The summed E-state index contributed by atoms with van der Waals surface area (Å²) in [6.07, 6.45) is 2.55. The first kappa shape index (κ1) is 8.92. The smallest absolute Gasteiger partial charge is 0.0562 e. The van der Waals surface area contributed by atoms with Crippen LogP contribution in [0.5, 0.6) is 0 Å². The highest BCUT2D eigenvalue weighted by molar-refractivity contribution is 4.52. The van der Waals surface area contributed by atoms with Gasteiger partial charge in [-0.15, -0.1) is 0 Å². The molecule has 1 atom stereocenters. The summed E-state index contributed by atoms with van der Waals surface area (Å²) < 4.78 is 4.80. The van der Waals surface area contributed by atoms with Gasteiger partial charge in [-0.3, -0.25) is 0 Å². The molecule has 0 saturated heterocycles. The van der Waals surface area contributed by atoms with Gasteiger partial charge < -0.3 is 9.84 Å². The predicted octanol–water partition coefficient (Wildman–Crippen LogP) is 1.18. The lowest BCUT2D eigenvalue weighted by atomic mass is 10.1. The van der Waals surface area contributed by atoms with E-state index in [1.54, 1.807) is 7.11 Å². The molecule has 0 aromatic heterocycles. The van der Waals surface area contributed by atoms with Crippen LogP contribution in [-0.2, 0) is 4.74 Å². The molecule has 0 unspecified atom stereocenters. The van der Waals surface area contributed by atoms with Crippen molar-refractivity contribution in [3.8, 4) is 0 Å². The SMILES string of the molecule is CCC[C@@H](O)CCOC. The fourth-order valence-corrected chi connectivity index (χ4v) is 0.731. The van der Waals surface area contributed by atoms with Gasteiger partial charge in [0.05, 0.1) is 6.10 Å². The first-order chi connectivity index (χ1) is 4.31. The lowest BCUT2D eigenvalue weighted by Gasteiger charge is -2.06. The number of rotatable bonds is 5. The van der Waals surface area contributed by atoms with Gasteiger partial charge in [0, 0.05) is 13.7 Å². The molecule has 0 aromatic rings. The van der Waals surface area contributed by atoms with E-state index in [0.29, 0.717) is 6.61 Å². The van der Waals surface area contributed by atoms with Gasteiger partial charge in [0.15, 0.2) is 0 Å². The maximum Gasteiger partial charge on any atom is 0.0562 e. The van der Waals surface area contributed by atoms with E-state index in [2.05, 4.69) is 6.92 Å². The third-order valence-electron chi connectivity index (χ3n) is 1.28. The Labute approximate surface area is 56.8 Å². The zero-order valence-electron chi connectivity index (χ0n) is 6.26.